The number of fused-ring (bicyclic) bond motifs is 1. The maximum Gasteiger partial charge on any atom is 0.239 e. The lowest BCUT2D eigenvalue weighted by molar-refractivity contribution is -0.119. The molecule has 0 radical (unpaired) electrons. The van der Waals surface area contributed by atoms with Gasteiger partial charge in [-0.3, -0.25) is 9.78 Å². The molecule has 1 fully saturated rings. The number of anilines is 1. The molecule has 23 heavy (non-hydrogen) atoms. The lowest BCUT2D eigenvalue weighted by atomic mass is 10.0. The van der Waals surface area contributed by atoms with Crippen LogP contribution in [0.4, 0.5) is 5.69 Å². The molecule has 1 aromatic heterocycles. The quantitative estimate of drug-likeness (QED) is 0.890. The summed E-state index contributed by atoms with van der Waals surface area (Å²) in [7, 11) is 0. The predicted octanol–water partition coefficient (Wildman–Crippen LogP) is 2.66. The molecule has 1 aromatic carbocycles. The van der Waals surface area contributed by atoms with E-state index in [4.69, 9.17) is 0 Å². The number of nitrogens with one attached hydrogen (secondary N) is 2. The van der Waals surface area contributed by atoms with Crippen molar-refractivity contribution in [2.75, 3.05) is 18.4 Å². The fraction of sp³-hybridized carbons (Fsp3) is 0.389. The number of amides is 1. The Kier molecular flexibility index (Phi) is 4.16. The van der Waals surface area contributed by atoms with Gasteiger partial charge in [-0.1, -0.05) is 11.6 Å². The van der Waals surface area contributed by atoms with E-state index in [1.165, 1.54) is 12.8 Å². The van der Waals surface area contributed by atoms with Crippen LogP contribution in [-0.4, -0.2) is 24.0 Å². The number of benzene rings is 1. The summed E-state index contributed by atoms with van der Waals surface area (Å²) in [5, 5.41) is 16.3. The van der Waals surface area contributed by atoms with E-state index in [9.17, 15) is 10.1 Å². The minimum absolute atomic E-state index is 0.0462. The number of carbonyl (C=O) groups is 1. The van der Waals surface area contributed by atoms with Gasteiger partial charge in [0.2, 0.25) is 5.91 Å². The number of hydrogen-bond donors (Lipinski definition) is 2. The number of carbonyl (C=O) groups excluding carboxylic acids is 1. The van der Waals surface area contributed by atoms with E-state index in [1.807, 2.05) is 19.9 Å². The second-order valence-electron chi connectivity index (χ2n) is 6.24. The summed E-state index contributed by atoms with van der Waals surface area (Å²) in [6.07, 6.45) is 3.98. The fourth-order valence-corrected chi connectivity index (χ4v) is 2.75. The Morgan fingerprint density at radius 1 is 1.39 bits per heavy atom. The van der Waals surface area contributed by atoms with E-state index in [0.29, 0.717) is 17.2 Å². The number of pyridine rings is 1. The van der Waals surface area contributed by atoms with Crippen LogP contribution >= 0.6 is 0 Å². The molecule has 5 heteroatoms. The van der Waals surface area contributed by atoms with E-state index in [2.05, 4.69) is 27.8 Å². The van der Waals surface area contributed by atoms with E-state index in [0.717, 1.165) is 28.6 Å². The third-order valence-electron chi connectivity index (χ3n) is 4.14. The fourth-order valence-electron chi connectivity index (χ4n) is 2.75. The van der Waals surface area contributed by atoms with E-state index < -0.39 is 0 Å². The number of nitrogens with zero attached hydrogens (tertiary/aromatic N) is 2. The summed E-state index contributed by atoms with van der Waals surface area (Å²) in [6.45, 7) is 4.92. The van der Waals surface area contributed by atoms with Gasteiger partial charge < -0.3 is 10.6 Å². The molecule has 0 unspecified atom stereocenters. The summed E-state index contributed by atoms with van der Waals surface area (Å²) >= 11 is 0. The second kappa shape index (κ2) is 6.25. The van der Waals surface area contributed by atoms with Crippen molar-refractivity contribution < 1.29 is 4.79 Å². The van der Waals surface area contributed by atoms with Gasteiger partial charge in [0, 0.05) is 18.1 Å². The Bertz CT molecular complexity index is 803. The van der Waals surface area contributed by atoms with Crippen molar-refractivity contribution in [2.45, 2.75) is 26.7 Å². The molecule has 0 bridgehead atoms. The molecule has 0 saturated heterocycles. The number of aromatic nitrogens is 1. The smallest absolute Gasteiger partial charge is 0.239 e. The van der Waals surface area contributed by atoms with Crippen molar-refractivity contribution in [1.82, 2.24) is 10.3 Å². The molecule has 3 rings (SSSR count). The number of nitriles is 1. The third kappa shape index (κ3) is 3.42. The number of aryl methyl sites for hydroxylation is 2. The zero-order valence-electron chi connectivity index (χ0n) is 13.4. The molecule has 0 atom stereocenters. The van der Waals surface area contributed by atoms with Gasteiger partial charge in [0.1, 0.15) is 6.07 Å². The SMILES string of the molecule is Cc1cc(C)c2ncc(C#N)c(NCC(=O)NCC3CC3)c2c1. The van der Waals surface area contributed by atoms with E-state index in [1.54, 1.807) is 6.20 Å². The van der Waals surface area contributed by atoms with Gasteiger partial charge in [-0.05, 0) is 44.2 Å². The van der Waals surface area contributed by atoms with Crippen LogP contribution in [0.1, 0.15) is 29.5 Å². The molecule has 0 aliphatic heterocycles. The Hall–Kier alpha value is -2.61. The highest BCUT2D eigenvalue weighted by atomic mass is 16.1. The van der Waals surface area contributed by atoms with Crippen LogP contribution in [0.5, 0.6) is 0 Å². The van der Waals surface area contributed by atoms with Crippen molar-refractivity contribution >= 4 is 22.5 Å². The molecule has 1 aliphatic rings. The Morgan fingerprint density at radius 3 is 2.87 bits per heavy atom. The summed E-state index contributed by atoms with van der Waals surface area (Å²) in [5.74, 6) is 0.607. The van der Waals surface area contributed by atoms with Crippen LogP contribution in [0.25, 0.3) is 10.9 Å². The number of rotatable bonds is 5. The summed E-state index contributed by atoms with van der Waals surface area (Å²) in [5.41, 5.74) is 4.16. The first-order valence-electron chi connectivity index (χ1n) is 7.89. The lowest BCUT2D eigenvalue weighted by Gasteiger charge is -2.13. The summed E-state index contributed by atoms with van der Waals surface area (Å²) < 4.78 is 0. The third-order valence-corrected chi connectivity index (χ3v) is 4.14. The Balaban J connectivity index is 1.85. The van der Waals surface area contributed by atoms with Crippen LogP contribution in [-0.2, 0) is 4.79 Å². The summed E-state index contributed by atoms with van der Waals surface area (Å²) in [6, 6.07) is 6.22. The van der Waals surface area contributed by atoms with Gasteiger partial charge in [0.25, 0.3) is 0 Å². The molecule has 5 nitrogen and oxygen atoms in total. The molecular formula is C18H20N4O. The van der Waals surface area contributed by atoms with Gasteiger partial charge in [0.15, 0.2) is 0 Å². The number of hydrogen-bond acceptors (Lipinski definition) is 4. The average molecular weight is 308 g/mol. The van der Waals surface area contributed by atoms with Gasteiger partial charge in [-0.25, -0.2) is 0 Å². The largest absolute Gasteiger partial charge is 0.374 e. The summed E-state index contributed by atoms with van der Waals surface area (Å²) in [4.78, 5) is 16.3. The maximum atomic E-state index is 11.9. The van der Waals surface area contributed by atoms with Crippen LogP contribution < -0.4 is 10.6 Å². The van der Waals surface area contributed by atoms with Crippen LogP contribution in [0.2, 0.25) is 0 Å². The van der Waals surface area contributed by atoms with Gasteiger partial charge in [-0.2, -0.15) is 5.26 Å². The maximum absolute atomic E-state index is 11.9. The molecule has 0 spiro atoms. The Morgan fingerprint density at radius 2 is 2.17 bits per heavy atom. The van der Waals surface area contributed by atoms with Crippen molar-refractivity contribution in [3.8, 4) is 6.07 Å². The highest BCUT2D eigenvalue weighted by Crippen LogP contribution is 2.29. The van der Waals surface area contributed by atoms with E-state index in [-0.39, 0.29) is 12.5 Å². The van der Waals surface area contributed by atoms with Gasteiger partial charge >= 0.3 is 0 Å². The van der Waals surface area contributed by atoms with Crippen molar-refractivity contribution in [1.29, 1.82) is 5.26 Å². The van der Waals surface area contributed by atoms with Crippen molar-refractivity contribution in [2.24, 2.45) is 5.92 Å². The highest BCUT2D eigenvalue weighted by molar-refractivity contribution is 5.97. The first-order chi connectivity index (χ1) is 11.1. The molecule has 1 heterocycles. The minimum atomic E-state index is -0.0462. The first kappa shape index (κ1) is 15.3. The molecule has 2 N–H and O–H groups in total. The van der Waals surface area contributed by atoms with Gasteiger partial charge in [0.05, 0.1) is 23.3 Å². The average Bonchev–Trinajstić information content (AvgIpc) is 3.34. The zero-order chi connectivity index (χ0) is 16.4. The molecule has 118 valence electrons. The van der Waals surface area contributed by atoms with Crippen molar-refractivity contribution in [3.05, 3.63) is 35.0 Å². The topological polar surface area (TPSA) is 77.8 Å². The molecule has 2 aromatic rings. The monoisotopic (exact) mass is 308 g/mol. The molecule has 1 aliphatic carbocycles. The zero-order valence-corrected chi connectivity index (χ0v) is 13.4. The van der Waals surface area contributed by atoms with Crippen LogP contribution in [0.15, 0.2) is 18.3 Å². The molecule has 1 amide bonds. The van der Waals surface area contributed by atoms with Crippen LogP contribution in [0, 0.1) is 31.1 Å². The molecule has 1 saturated carbocycles. The highest BCUT2D eigenvalue weighted by Gasteiger charge is 2.21. The van der Waals surface area contributed by atoms with Crippen molar-refractivity contribution in [3.63, 3.8) is 0 Å². The predicted molar refractivity (Wildman–Crippen MR) is 90.2 cm³/mol. The van der Waals surface area contributed by atoms with Crippen LogP contribution in [0.3, 0.4) is 0 Å². The van der Waals surface area contributed by atoms with E-state index >= 15 is 0 Å². The lowest BCUT2D eigenvalue weighted by Crippen LogP contribution is -2.31. The second-order valence-corrected chi connectivity index (χ2v) is 6.24. The standard InChI is InChI=1S/C18H20N4O/c1-11-5-12(2)17-15(6-11)18(14(7-19)9-21-17)22-10-16(23)20-8-13-3-4-13/h5-6,9,13H,3-4,8,10H2,1-2H3,(H,20,23)(H,21,22). The Labute approximate surface area is 135 Å². The normalized spacial score (nSPS) is 13.6. The first-order valence-corrected chi connectivity index (χ1v) is 7.89. The minimum Gasteiger partial charge on any atom is -0.374 e. The van der Waals surface area contributed by atoms with Gasteiger partial charge in [-0.15, -0.1) is 0 Å². The molecular weight excluding hydrogens is 288 g/mol.